The van der Waals surface area contributed by atoms with Crippen LogP contribution in [0.1, 0.15) is 29.5 Å². The van der Waals surface area contributed by atoms with Crippen molar-refractivity contribution in [3.05, 3.63) is 64.9 Å². The second-order valence-corrected chi connectivity index (χ2v) is 7.76. The fraction of sp³-hybridized carbons (Fsp3) is 0.391. The van der Waals surface area contributed by atoms with E-state index in [-0.39, 0.29) is 16.9 Å². The number of benzene rings is 1. The van der Waals surface area contributed by atoms with Crippen molar-refractivity contribution in [3.8, 4) is 0 Å². The van der Waals surface area contributed by atoms with Crippen molar-refractivity contribution in [3.63, 3.8) is 0 Å². The lowest BCUT2D eigenvalue weighted by Gasteiger charge is -2.28. The van der Waals surface area contributed by atoms with Crippen LogP contribution in [0.4, 0.5) is 4.39 Å². The molecule has 2 fully saturated rings. The number of aliphatic hydroxyl groups excluding tert-OH is 1. The first kappa shape index (κ1) is 21.3. The standard InChI is InChI=1S/C23H25FN2O5/c1-15-3-8-18(31-15)20-19(21(27)16-4-6-17(24)7-5-16)22(28)23(29)26(20)10-2-9-25-11-13-30-14-12-25/h3-8,20,27H,2,9-14H2,1H3/b21-19+/t20-/m1/s1. The second-order valence-electron chi connectivity index (χ2n) is 7.76. The molecule has 1 N–H and O–H groups in total. The highest BCUT2D eigenvalue weighted by atomic mass is 19.1. The number of hydrogen-bond donors (Lipinski definition) is 1. The number of halogens is 1. The zero-order chi connectivity index (χ0) is 22.0. The lowest BCUT2D eigenvalue weighted by atomic mass is 9.99. The number of ketones is 1. The van der Waals surface area contributed by atoms with Gasteiger partial charge in [0.2, 0.25) is 0 Å². The summed E-state index contributed by atoms with van der Waals surface area (Å²) in [4.78, 5) is 29.5. The SMILES string of the molecule is Cc1ccc([C@@H]2/C(=C(\O)c3ccc(F)cc3)C(=O)C(=O)N2CCCN2CCOCC2)o1. The Morgan fingerprint density at radius 1 is 1.10 bits per heavy atom. The summed E-state index contributed by atoms with van der Waals surface area (Å²) in [7, 11) is 0. The first-order chi connectivity index (χ1) is 15.0. The maximum Gasteiger partial charge on any atom is 0.295 e. The van der Waals surface area contributed by atoms with E-state index in [1.54, 1.807) is 19.1 Å². The Morgan fingerprint density at radius 3 is 2.45 bits per heavy atom. The van der Waals surface area contributed by atoms with E-state index in [0.29, 0.717) is 37.7 Å². The number of ether oxygens (including phenoxy) is 1. The van der Waals surface area contributed by atoms with Gasteiger partial charge in [0.05, 0.1) is 18.8 Å². The number of morpholine rings is 1. The molecule has 1 atom stereocenters. The molecule has 164 valence electrons. The van der Waals surface area contributed by atoms with Crippen LogP contribution in [0.5, 0.6) is 0 Å². The van der Waals surface area contributed by atoms with E-state index in [4.69, 9.17) is 9.15 Å². The van der Waals surface area contributed by atoms with Gasteiger partial charge in [-0.15, -0.1) is 0 Å². The van der Waals surface area contributed by atoms with Crippen molar-refractivity contribution in [2.75, 3.05) is 39.4 Å². The number of carbonyl (C=O) groups excluding carboxylic acids is 2. The summed E-state index contributed by atoms with van der Waals surface area (Å²) < 4.78 is 24.4. The van der Waals surface area contributed by atoms with Gasteiger partial charge in [-0.2, -0.15) is 0 Å². The summed E-state index contributed by atoms with van der Waals surface area (Å²) in [6.07, 6.45) is 0.666. The summed E-state index contributed by atoms with van der Waals surface area (Å²) in [5, 5.41) is 10.9. The molecule has 8 heteroatoms. The molecule has 31 heavy (non-hydrogen) atoms. The summed E-state index contributed by atoms with van der Waals surface area (Å²) in [6.45, 7) is 5.94. The molecule has 0 bridgehead atoms. The van der Waals surface area contributed by atoms with E-state index >= 15 is 0 Å². The van der Waals surface area contributed by atoms with Crippen molar-refractivity contribution >= 4 is 17.4 Å². The van der Waals surface area contributed by atoms with E-state index in [1.807, 2.05) is 0 Å². The van der Waals surface area contributed by atoms with Crippen LogP contribution in [-0.2, 0) is 14.3 Å². The fourth-order valence-corrected chi connectivity index (χ4v) is 4.06. The molecular formula is C23H25FN2O5. The topological polar surface area (TPSA) is 83.2 Å². The number of amides is 1. The highest BCUT2D eigenvalue weighted by molar-refractivity contribution is 6.46. The lowest BCUT2D eigenvalue weighted by molar-refractivity contribution is -0.140. The van der Waals surface area contributed by atoms with Crippen LogP contribution in [-0.4, -0.2) is 66.0 Å². The number of hydrogen-bond acceptors (Lipinski definition) is 6. The molecule has 0 aliphatic carbocycles. The van der Waals surface area contributed by atoms with Gasteiger partial charge in [0.25, 0.3) is 11.7 Å². The van der Waals surface area contributed by atoms with Crippen molar-refractivity contribution in [1.29, 1.82) is 0 Å². The first-order valence-electron chi connectivity index (χ1n) is 10.4. The third-order valence-corrected chi connectivity index (χ3v) is 5.67. The first-order valence-corrected chi connectivity index (χ1v) is 10.4. The Morgan fingerprint density at radius 2 is 1.81 bits per heavy atom. The van der Waals surface area contributed by atoms with Gasteiger partial charge in [0.1, 0.15) is 29.1 Å². The zero-order valence-corrected chi connectivity index (χ0v) is 17.3. The van der Waals surface area contributed by atoms with Gasteiger partial charge in [-0.3, -0.25) is 14.5 Å². The fourth-order valence-electron chi connectivity index (χ4n) is 4.06. The van der Waals surface area contributed by atoms with Crippen molar-refractivity contribution in [2.45, 2.75) is 19.4 Å². The Bertz CT molecular complexity index is 992. The van der Waals surface area contributed by atoms with Crippen LogP contribution in [0.25, 0.3) is 5.76 Å². The van der Waals surface area contributed by atoms with Crippen LogP contribution in [0.2, 0.25) is 0 Å². The Hall–Kier alpha value is -2.97. The van der Waals surface area contributed by atoms with Crippen LogP contribution in [0.3, 0.4) is 0 Å². The lowest BCUT2D eigenvalue weighted by Crippen LogP contribution is -2.38. The molecule has 0 radical (unpaired) electrons. The molecule has 7 nitrogen and oxygen atoms in total. The molecule has 2 saturated heterocycles. The van der Waals surface area contributed by atoms with Crippen molar-refractivity contribution in [2.24, 2.45) is 0 Å². The average molecular weight is 428 g/mol. The van der Waals surface area contributed by atoms with E-state index in [2.05, 4.69) is 4.90 Å². The van der Waals surface area contributed by atoms with Gasteiger partial charge in [0, 0.05) is 31.7 Å². The predicted molar refractivity (Wildman–Crippen MR) is 111 cm³/mol. The highest BCUT2D eigenvalue weighted by Crippen LogP contribution is 2.40. The number of nitrogens with zero attached hydrogens (tertiary/aromatic N) is 2. The highest BCUT2D eigenvalue weighted by Gasteiger charge is 2.47. The van der Waals surface area contributed by atoms with Gasteiger partial charge in [0.15, 0.2) is 0 Å². The van der Waals surface area contributed by atoms with Gasteiger partial charge in [-0.25, -0.2) is 4.39 Å². The number of aliphatic hydroxyl groups is 1. The molecule has 0 unspecified atom stereocenters. The molecule has 2 aliphatic heterocycles. The molecule has 0 saturated carbocycles. The average Bonchev–Trinajstić information content (AvgIpc) is 3.30. The molecule has 2 aliphatic rings. The molecule has 3 heterocycles. The number of carbonyl (C=O) groups is 2. The maximum atomic E-state index is 13.3. The summed E-state index contributed by atoms with van der Waals surface area (Å²) in [5.41, 5.74) is 0.221. The molecule has 4 rings (SSSR count). The van der Waals surface area contributed by atoms with Gasteiger partial charge < -0.3 is 19.2 Å². The number of rotatable bonds is 6. The number of aryl methyl sites for hydroxylation is 1. The molecule has 0 spiro atoms. The van der Waals surface area contributed by atoms with Crippen molar-refractivity contribution < 1.29 is 28.2 Å². The van der Waals surface area contributed by atoms with Crippen LogP contribution in [0.15, 0.2) is 46.4 Å². The van der Waals surface area contributed by atoms with Gasteiger partial charge >= 0.3 is 0 Å². The zero-order valence-electron chi connectivity index (χ0n) is 17.3. The van der Waals surface area contributed by atoms with Crippen LogP contribution in [0, 0.1) is 12.7 Å². The molecule has 1 aromatic carbocycles. The number of furan rings is 1. The van der Waals surface area contributed by atoms with E-state index in [0.717, 1.165) is 19.6 Å². The summed E-state index contributed by atoms with van der Waals surface area (Å²) in [5.74, 6) is -1.20. The van der Waals surface area contributed by atoms with E-state index in [9.17, 15) is 19.1 Å². The summed E-state index contributed by atoms with van der Waals surface area (Å²) in [6, 6.07) is 7.77. The quantitative estimate of drug-likeness (QED) is 0.433. The second kappa shape index (κ2) is 9.03. The molecular weight excluding hydrogens is 403 g/mol. The van der Waals surface area contributed by atoms with Gasteiger partial charge in [-0.05, 0) is 49.7 Å². The Balaban J connectivity index is 1.64. The monoisotopic (exact) mass is 428 g/mol. The third kappa shape index (κ3) is 4.40. The Labute approximate surface area is 179 Å². The number of likely N-dealkylation sites (tertiary alicyclic amines) is 1. The van der Waals surface area contributed by atoms with E-state index < -0.39 is 23.5 Å². The molecule has 1 amide bonds. The van der Waals surface area contributed by atoms with Gasteiger partial charge in [-0.1, -0.05) is 0 Å². The van der Waals surface area contributed by atoms with Crippen LogP contribution < -0.4 is 0 Å². The molecule has 1 aromatic heterocycles. The smallest absolute Gasteiger partial charge is 0.295 e. The minimum atomic E-state index is -0.830. The Kier molecular flexibility index (Phi) is 6.20. The number of Topliss-reactive ketones (excluding diaryl/α,β-unsaturated/α-hetero) is 1. The molecule has 2 aromatic rings. The van der Waals surface area contributed by atoms with E-state index in [1.165, 1.54) is 29.2 Å². The summed E-state index contributed by atoms with van der Waals surface area (Å²) >= 11 is 0. The van der Waals surface area contributed by atoms with Crippen molar-refractivity contribution in [1.82, 2.24) is 9.80 Å². The predicted octanol–water partition coefficient (Wildman–Crippen LogP) is 2.87. The maximum absolute atomic E-state index is 13.3. The van der Waals surface area contributed by atoms with Crippen LogP contribution >= 0.6 is 0 Å². The minimum Gasteiger partial charge on any atom is -0.507 e. The third-order valence-electron chi connectivity index (χ3n) is 5.67. The largest absolute Gasteiger partial charge is 0.507 e. The normalized spacial score (nSPS) is 21.7. The minimum absolute atomic E-state index is 0.0441.